The first-order valence-corrected chi connectivity index (χ1v) is 9.73. The molecule has 11 nitrogen and oxygen atoms in total. The van der Waals surface area contributed by atoms with Crippen molar-refractivity contribution >= 4 is 7.82 Å². The van der Waals surface area contributed by atoms with Gasteiger partial charge in [-0.25, -0.2) is 4.57 Å². The first-order chi connectivity index (χ1) is 14.1. The van der Waals surface area contributed by atoms with Gasteiger partial charge in [-0.05, 0) is 29.8 Å². The third-order valence-corrected chi connectivity index (χ3v) is 5.26. The van der Waals surface area contributed by atoms with Crippen molar-refractivity contribution in [2.75, 3.05) is 13.9 Å². The van der Waals surface area contributed by atoms with E-state index in [-0.39, 0.29) is 12.5 Å². The molecule has 1 aliphatic rings. The minimum Gasteiger partial charge on any atom is -0.493 e. The molecule has 0 fully saturated rings. The van der Waals surface area contributed by atoms with E-state index in [1.807, 2.05) is 0 Å². The molecule has 12 heteroatoms. The lowest BCUT2D eigenvalue weighted by molar-refractivity contribution is -0.682. The van der Waals surface area contributed by atoms with E-state index in [1.54, 1.807) is 49.7 Å². The number of fused-ring (bicyclic) bond motifs is 1. The van der Waals surface area contributed by atoms with Gasteiger partial charge in [0, 0.05) is 11.1 Å². The van der Waals surface area contributed by atoms with Crippen LogP contribution in [-0.2, 0) is 13.8 Å². The van der Waals surface area contributed by atoms with Gasteiger partial charge in [0.2, 0.25) is 12.5 Å². The molecule has 2 aromatic carbocycles. The number of methoxy groups -OCH3 is 1. The molecule has 0 saturated heterocycles. The number of rotatable bonds is 7. The molecule has 29 heavy (non-hydrogen) atoms. The monoisotopic (exact) mass is 423 g/mol. The van der Waals surface area contributed by atoms with Crippen molar-refractivity contribution in [2.45, 2.75) is 0 Å². The van der Waals surface area contributed by atoms with Gasteiger partial charge in [-0.2, -0.15) is 11.8 Å². The second kappa shape index (κ2) is 7.74. The Labute approximate surface area is 164 Å². The molecule has 0 aliphatic carbocycles. The molecule has 3 aromatic rings. The number of quaternary nitrogens is 2. The van der Waals surface area contributed by atoms with Gasteiger partial charge in [0.05, 0.1) is 13.3 Å². The van der Waals surface area contributed by atoms with Crippen LogP contribution in [0.4, 0.5) is 0 Å². The summed E-state index contributed by atoms with van der Waals surface area (Å²) in [5, 5.41) is 3.91. The molecule has 0 unspecified atom stereocenters. The van der Waals surface area contributed by atoms with Crippen LogP contribution in [0.2, 0.25) is 0 Å². The van der Waals surface area contributed by atoms with Crippen LogP contribution in [-0.4, -0.2) is 19.1 Å². The van der Waals surface area contributed by atoms with Gasteiger partial charge in [0.15, 0.2) is 17.3 Å². The van der Waals surface area contributed by atoms with Crippen molar-refractivity contribution in [3.8, 4) is 45.4 Å². The number of hydrogen-bond acceptors (Lipinski definition) is 9. The van der Waals surface area contributed by atoms with Gasteiger partial charge < -0.3 is 23.3 Å². The summed E-state index contributed by atoms with van der Waals surface area (Å²) in [7, 11) is -2.30. The van der Waals surface area contributed by atoms with Gasteiger partial charge in [-0.1, -0.05) is 26.5 Å². The van der Waals surface area contributed by atoms with Crippen LogP contribution in [0.25, 0.3) is 22.5 Å². The first kappa shape index (κ1) is 19.2. The van der Waals surface area contributed by atoms with Crippen molar-refractivity contribution in [1.82, 2.24) is 5.16 Å². The van der Waals surface area contributed by atoms with E-state index in [2.05, 4.69) is 26.2 Å². The van der Waals surface area contributed by atoms with E-state index < -0.39 is 7.82 Å². The predicted octanol–water partition coefficient (Wildman–Crippen LogP) is 1.58. The van der Waals surface area contributed by atoms with Gasteiger partial charge in [-0.15, -0.1) is 0 Å². The minimum absolute atomic E-state index is 0.123. The Kier molecular flexibility index (Phi) is 5.14. The first-order valence-electron chi connectivity index (χ1n) is 8.27. The number of ether oxygens (including phenoxy) is 3. The summed E-state index contributed by atoms with van der Waals surface area (Å²) in [6, 6.07) is 10.2. The van der Waals surface area contributed by atoms with Crippen molar-refractivity contribution in [3.63, 3.8) is 0 Å². The highest BCUT2D eigenvalue weighted by molar-refractivity contribution is 7.48. The fourth-order valence-electron chi connectivity index (χ4n) is 2.83. The molecule has 1 aromatic heterocycles. The summed E-state index contributed by atoms with van der Waals surface area (Å²) in [4.78, 5) is 0. The lowest BCUT2D eigenvalue weighted by Crippen LogP contribution is -2.54. The average Bonchev–Trinajstić information content (AvgIpc) is 3.43. The van der Waals surface area contributed by atoms with Crippen LogP contribution in [0, 0.1) is 0 Å². The standard InChI is InChI=1S/C17H18N3O8P/c1-22-14-6-11(7-15-17(14)24-9-23-15)16-13(8-20-25-16)10-2-4-12(5-3-10)26-29(21,27-18)28-19/h2-8H,9H2,1,18-19H3/q+2. The number of nitrogens with zero attached hydrogens (tertiary/aromatic N) is 1. The maximum absolute atomic E-state index is 12.0. The third kappa shape index (κ3) is 3.65. The summed E-state index contributed by atoms with van der Waals surface area (Å²) in [5.41, 5.74) is 2.22. The molecule has 6 N–H and O–H groups in total. The van der Waals surface area contributed by atoms with Crippen molar-refractivity contribution in [2.24, 2.45) is 0 Å². The highest BCUT2D eigenvalue weighted by Gasteiger charge is 2.32. The lowest BCUT2D eigenvalue weighted by atomic mass is 10.0. The van der Waals surface area contributed by atoms with E-state index in [9.17, 15) is 4.57 Å². The molecule has 4 rings (SSSR count). The maximum atomic E-state index is 12.0. The molecule has 152 valence electrons. The fraction of sp³-hybridized carbons (Fsp3) is 0.118. The smallest absolute Gasteiger partial charge is 0.493 e. The van der Waals surface area contributed by atoms with Crippen LogP contribution in [0.1, 0.15) is 0 Å². The normalized spacial score (nSPS) is 12.8. The van der Waals surface area contributed by atoms with E-state index in [1.165, 1.54) is 0 Å². The fourth-order valence-corrected chi connectivity index (χ4v) is 3.39. The topological polar surface area (TPSA) is 154 Å². The second-order valence-corrected chi connectivity index (χ2v) is 7.40. The van der Waals surface area contributed by atoms with Gasteiger partial charge in [0.25, 0.3) is 0 Å². The van der Waals surface area contributed by atoms with Crippen molar-refractivity contribution in [3.05, 3.63) is 42.6 Å². The van der Waals surface area contributed by atoms with Crippen LogP contribution >= 0.6 is 7.82 Å². The summed E-state index contributed by atoms with van der Waals surface area (Å²) >= 11 is 0. The third-order valence-electron chi connectivity index (χ3n) is 4.19. The molecular formula is C17H18N3O8P+2. The molecule has 2 heterocycles. The Morgan fingerprint density at radius 3 is 2.52 bits per heavy atom. The number of hydrogen-bond donors (Lipinski definition) is 2. The largest absolute Gasteiger partial charge is 0.624 e. The van der Waals surface area contributed by atoms with Crippen LogP contribution < -0.4 is 30.5 Å². The minimum atomic E-state index is -3.85. The quantitative estimate of drug-likeness (QED) is 0.426. The molecule has 0 atom stereocenters. The molecule has 0 saturated carbocycles. The summed E-state index contributed by atoms with van der Waals surface area (Å²) in [6.07, 6.45) is 1.59. The van der Waals surface area contributed by atoms with E-state index in [0.29, 0.717) is 28.6 Å². The lowest BCUT2D eigenvalue weighted by Gasteiger charge is -2.10. The summed E-state index contributed by atoms with van der Waals surface area (Å²) < 4.78 is 47.8. The Hall–Kier alpha value is -3.08. The summed E-state index contributed by atoms with van der Waals surface area (Å²) in [5.74, 6) is 8.53. The number of phosphoric acid groups is 1. The van der Waals surface area contributed by atoms with Gasteiger partial charge >= 0.3 is 7.82 Å². The number of aromatic nitrogens is 1. The molecule has 0 radical (unpaired) electrons. The highest BCUT2D eigenvalue weighted by Crippen LogP contribution is 2.47. The molecule has 0 amide bonds. The van der Waals surface area contributed by atoms with Crippen LogP contribution in [0.5, 0.6) is 23.0 Å². The van der Waals surface area contributed by atoms with Gasteiger partial charge in [0.1, 0.15) is 5.75 Å². The zero-order valence-electron chi connectivity index (χ0n) is 15.3. The Morgan fingerprint density at radius 2 is 1.83 bits per heavy atom. The average molecular weight is 423 g/mol. The van der Waals surface area contributed by atoms with Crippen LogP contribution in [0.15, 0.2) is 47.1 Å². The zero-order valence-corrected chi connectivity index (χ0v) is 16.2. The Morgan fingerprint density at radius 1 is 1.07 bits per heavy atom. The maximum Gasteiger partial charge on any atom is 0.624 e. The Bertz CT molecular complexity index is 1060. The Balaban J connectivity index is 1.66. The SMILES string of the molecule is COc1cc(-c2oncc2-c2ccc(OP(=O)(O[NH3+])O[NH3+])cc2)cc2c1OCO2. The van der Waals surface area contributed by atoms with E-state index >= 15 is 0 Å². The zero-order chi connectivity index (χ0) is 20.4. The predicted molar refractivity (Wildman–Crippen MR) is 96.2 cm³/mol. The summed E-state index contributed by atoms with van der Waals surface area (Å²) in [6.45, 7) is 0.123. The molecular weight excluding hydrogens is 405 g/mol. The molecule has 1 aliphatic heterocycles. The number of benzene rings is 2. The van der Waals surface area contributed by atoms with E-state index in [0.717, 1.165) is 11.1 Å². The highest BCUT2D eigenvalue weighted by atomic mass is 31.2. The van der Waals surface area contributed by atoms with Crippen molar-refractivity contribution < 1.29 is 48.9 Å². The van der Waals surface area contributed by atoms with Gasteiger partial charge in [-0.3, -0.25) is 0 Å². The molecule has 0 spiro atoms. The van der Waals surface area contributed by atoms with E-state index in [4.69, 9.17) is 23.3 Å². The second-order valence-electron chi connectivity index (χ2n) is 5.80. The van der Waals surface area contributed by atoms with Crippen molar-refractivity contribution in [1.29, 1.82) is 0 Å². The molecule has 0 bridgehead atoms. The van der Waals surface area contributed by atoms with Crippen LogP contribution in [0.3, 0.4) is 0 Å².